The normalized spacial score (nSPS) is 12.3. The SMILES string of the molecule is NC(Cc1c(Cl)c(Cl)c(Cl)c(Cl)c1Cl)(Cc1c(Cl)c(Cl)c(Cl)c(Cl)c1Cl)C(N)(Cc1c(Cl)c(Cl)c(Cl)c(Cl)c1Cl)Cc1c(Cl)c(Cl)c(Cl)c(Cl)c1Cl. The second-order valence-electron chi connectivity index (χ2n) is 11.2. The van der Waals surface area contributed by atoms with Crippen LogP contribution in [-0.2, 0) is 25.7 Å². The number of benzene rings is 4. The topological polar surface area (TPSA) is 52.0 Å². The first-order chi connectivity index (χ1) is 23.8. The van der Waals surface area contributed by atoms with Crippen molar-refractivity contribution in [2.45, 2.75) is 36.8 Å². The van der Waals surface area contributed by atoms with Crippen LogP contribution in [0.15, 0.2) is 0 Å². The van der Waals surface area contributed by atoms with E-state index in [-0.39, 0.29) is 148 Å². The Labute approximate surface area is 398 Å². The van der Waals surface area contributed by atoms with Crippen molar-refractivity contribution >= 4 is 232 Å². The minimum absolute atomic E-state index is 0.0900. The second kappa shape index (κ2) is 18.1. The molecule has 4 aromatic carbocycles. The summed E-state index contributed by atoms with van der Waals surface area (Å²) in [6.45, 7) is 0. The molecule has 0 amide bonds. The molecule has 0 aliphatic carbocycles. The molecule has 4 aromatic rings. The van der Waals surface area contributed by atoms with Crippen LogP contribution in [0.1, 0.15) is 22.3 Å². The van der Waals surface area contributed by atoms with Gasteiger partial charge in [-0.3, -0.25) is 0 Å². The molecule has 0 bridgehead atoms. The summed E-state index contributed by atoms with van der Waals surface area (Å²) in [5, 5.41) is -2.61. The molecule has 4 rings (SSSR count). The van der Waals surface area contributed by atoms with Gasteiger partial charge in [-0.1, -0.05) is 232 Å². The van der Waals surface area contributed by atoms with Crippen LogP contribution in [0, 0.1) is 0 Å². The number of nitrogens with two attached hydrogens (primary N) is 2. The predicted molar refractivity (Wildman–Crippen MR) is 235 cm³/mol. The van der Waals surface area contributed by atoms with Gasteiger partial charge in [-0.05, 0) is 47.9 Å². The molecule has 0 radical (unpaired) electrons. The molecule has 0 aliphatic rings. The van der Waals surface area contributed by atoms with Crippen molar-refractivity contribution in [1.29, 1.82) is 0 Å². The average Bonchev–Trinajstić information content (AvgIpc) is 3.12. The Morgan fingerprint density at radius 2 is 0.308 bits per heavy atom. The zero-order chi connectivity index (χ0) is 39.7. The highest BCUT2D eigenvalue weighted by Gasteiger charge is 2.50. The van der Waals surface area contributed by atoms with Crippen LogP contribution in [0.3, 0.4) is 0 Å². The third-order valence-electron chi connectivity index (χ3n) is 8.16. The fourth-order valence-corrected chi connectivity index (χ4v) is 10.6. The third kappa shape index (κ3) is 8.60. The average molecular weight is 1110 g/mol. The largest absolute Gasteiger partial charge is 0.323 e. The van der Waals surface area contributed by atoms with Gasteiger partial charge in [0, 0.05) is 11.1 Å². The van der Waals surface area contributed by atoms with E-state index in [4.69, 9.17) is 243 Å². The molecular formula is C30H12Cl20N2. The van der Waals surface area contributed by atoms with Gasteiger partial charge < -0.3 is 11.5 Å². The molecule has 282 valence electrons. The Hall–Kier alpha value is 2.60. The quantitative estimate of drug-likeness (QED) is 0.130. The molecule has 2 nitrogen and oxygen atoms in total. The predicted octanol–water partition coefficient (Wildman–Crippen LogP) is 18.4. The standard InChI is InChI=1S/C30H12Cl20N2/c31-9-5(10(32)18(40)25(47)17(9)39)1-29(51,2-6-11(33)19(41)26(48)20(42)12(6)34)30(52,3-7-13(35)21(43)27(49)22(44)14(7)36)4-8-15(37)23(45)28(50)24(46)16(8)38/h1-4,51-52H2. The summed E-state index contributed by atoms with van der Waals surface area (Å²) >= 11 is 131. The maximum Gasteiger partial charge on any atom is 0.0809 e. The minimum atomic E-state index is -1.93. The van der Waals surface area contributed by atoms with Crippen molar-refractivity contribution < 1.29 is 0 Å². The highest BCUT2D eigenvalue weighted by Crippen LogP contribution is 2.53. The molecule has 0 spiro atoms. The van der Waals surface area contributed by atoms with Gasteiger partial charge in [0.1, 0.15) is 0 Å². The molecule has 0 atom stereocenters. The number of halogens is 20. The molecule has 0 unspecified atom stereocenters. The van der Waals surface area contributed by atoms with Crippen LogP contribution in [0.4, 0.5) is 0 Å². The van der Waals surface area contributed by atoms with E-state index in [1.54, 1.807) is 0 Å². The first-order valence-electron chi connectivity index (χ1n) is 13.4. The lowest BCUT2D eigenvalue weighted by molar-refractivity contribution is 0.209. The highest BCUT2D eigenvalue weighted by molar-refractivity contribution is 6.58. The van der Waals surface area contributed by atoms with E-state index in [0.717, 1.165) is 0 Å². The van der Waals surface area contributed by atoms with Crippen LogP contribution in [0.2, 0.25) is 100 Å². The summed E-state index contributed by atoms with van der Waals surface area (Å²) in [5.41, 5.74) is 11.6. The van der Waals surface area contributed by atoms with E-state index in [1.165, 1.54) is 0 Å². The van der Waals surface area contributed by atoms with Gasteiger partial charge in [-0.25, -0.2) is 0 Å². The smallest absolute Gasteiger partial charge is 0.0809 e. The first kappa shape index (κ1) is 47.3. The molecule has 0 aromatic heterocycles. The van der Waals surface area contributed by atoms with Gasteiger partial charge in [0.25, 0.3) is 0 Å². The summed E-state index contributed by atoms with van der Waals surface area (Å²) in [6.07, 6.45) is -1.51. The summed E-state index contributed by atoms with van der Waals surface area (Å²) in [4.78, 5) is 0. The van der Waals surface area contributed by atoms with E-state index in [1.807, 2.05) is 0 Å². The van der Waals surface area contributed by atoms with Gasteiger partial charge in [0.05, 0.1) is 100 Å². The van der Waals surface area contributed by atoms with Crippen LogP contribution >= 0.6 is 232 Å². The molecule has 0 saturated carbocycles. The summed E-state index contributed by atoms with van der Waals surface area (Å²) in [5.74, 6) is 0. The van der Waals surface area contributed by atoms with Gasteiger partial charge in [-0.15, -0.1) is 0 Å². The first-order valence-corrected chi connectivity index (χ1v) is 21.0. The van der Waals surface area contributed by atoms with E-state index in [0.29, 0.717) is 0 Å². The lowest BCUT2D eigenvalue weighted by atomic mass is 9.65. The zero-order valence-corrected chi connectivity index (χ0v) is 39.7. The van der Waals surface area contributed by atoms with Gasteiger partial charge in [0.15, 0.2) is 0 Å². The fourth-order valence-electron chi connectivity index (χ4n) is 5.31. The van der Waals surface area contributed by atoms with Crippen molar-refractivity contribution in [1.82, 2.24) is 0 Å². The Bertz CT molecular complexity index is 1740. The van der Waals surface area contributed by atoms with Crippen LogP contribution in [0.25, 0.3) is 0 Å². The van der Waals surface area contributed by atoms with E-state index < -0.39 is 11.1 Å². The lowest BCUT2D eigenvalue weighted by Crippen LogP contribution is -2.70. The van der Waals surface area contributed by atoms with Crippen LogP contribution in [-0.4, -0.2) is 11.1 Å². The number of hydrogen-bond donors (Lipinski definition) is 2. The highest BCUT2D eigenvalue weighted by atomic mass is 35.5. The monoisotopic (exact) mass is 1100 g/mol. The Balaban J connectivity index is 2.20. The summed E-state index contributed by atoms with van der Waals surface area (Å²) < 4.78 is 0. The number of rotatable bonds is 9. The molecule has 0 fully saturated rings. The van der Waals surface area contributed by atoms with Gasteiger partial charge >= 0.3 is 0 Å². The van der Waals surface area contributed by atoms with Gasteiger partial charge in [-0.2, -0.15) is 0 Å². The van der Waals surface area contributed by atoms with Crippen molar-refractivity contribution in [2.24, 2.45) is 11.5 Å². The van der Waals surface area contributed by atoms with Gasteiger partial charge in [0.2, 0.25) is 0 Å². The van der Waals surface area contributed by atoms with Crippen LogP contribution in [0.5, 0.6) is 0 Å². The molecule has 0 aliphatic heterocycles. The fraction of sp³-hybridized carbons (Fsp3) is 0.200. The zero-order valence-electron chi connectivity index (χ0n) is 24.5. The molecule has 52 heavy (non-hydrogen) atoms. The van der Waals surface area contributed by atoms with Crippen molar-refractivity contribution in [2.75, 3.05) is 0 Å². The van der Waals surface area contributed by atoms with Crippen molar-refractivity contribution in [3.8, 4) is 0 Å². The summed E-state index contributed by atoms with van der Waals surface area (Å²) in [7, 11) is 0. The number of hydrogen-bond acceptors (Lipinski definition) is 2. The van der Waals surface area contributed by atoms with Crippen LogP contribution < -0.4 is 11.5 Å². The third-order valence-corrected chi connectivity index (χ3v) is 17.6. The lowest BCUT2D eigenvalue weighted by Gasteiger charge is -2.48. The van der Waals surface area contributed by atoms with Crippen molar-refractivity contribution in [3.05, 3.63) is 123 Å². The van der Waals surface area contributed by atoms with E-state index in [9.17, 15) is 0 Å². The Kier molecular flexibility index (Phi) is 16.4. The Morgan fingerprint density at radius 3 is 0.423 bits per heavy atom. The Morgan fingerprint density at radius 1 is 0.212 bits per heavy atom. The van der Waals surface area contributed by atoms with E-state index in [2.05, 4.69) is 0 Å². The maximum absolute atomic E-state index is 7.55. The molecule has 0 saturated heterocycles. The maximum atomic E-state index is 7.55. The molecule has 22 heteroatoms. The minimum Gasteiger partial charge on any atom is -0.323 e. The van der Waals surface area contributed by atoms with Crippen molar-refractivity contribution in [3.63, 3.8) is 0 Å². The van der Waals surface area contributed by atoms with E-state index >= 15 is 0 Å². The molecule has 0 heterocycles. The molecular weight excluding hydrogens is 1100 g/mol. The summed E-state index contributed by atoms with van der Waals surface area (Å²) in [6, 6.07) is 0. The molecule has 4 N–H and O–H groups in total. The second-order valence-corrected chi connectivity index (χ2v) is 18.8.